The van der Waals surface area contributed by atoms with Crippen molar-refractivity contribution >= 4 is 9.84 Å². The normalized spacial score (nSPS) is 12.0. The van der Waals surface area contributed by atoms with Crippen LogP contribution in [0.25, 0.3) is 0 Å². The van der Waals surface area contributed by atoms with Gasteiger partial charge in [-0.3, -0.25) is 4.68 Å². The Hall–Kier alpha value is -1.66. The highest BCUT2D eigenvalue weighted by Gasteiger charge is 2.19. The Balaban J connectivity index is 2.40. The summed E-state index contributed by atoms with van der Waals surface area (Å²) < 4.78 is 26.4. The minimum atomic E-state index is -3.50. The van der Waals surface area contributed by atoms with Gasteiger partial charge in [0, 0.05) is 18.8 Å². The van der Waals surface area contributed by atoms with E-state index < -0.39 is 9.84 Å². The second-order valence-electron chi connectivity index (χ2n) is 4.60. The van der Waals surface area contributed by atoms with Gasteiger partial charge in [0.2, 0.25) is 9.84 Å². The van der Waals surface area contributed by atoms with E-state index in [9.17, 15) is 8.42 Å². The maximum absolute atomic E-state index is 12.4. The molecule has 0 radical (unpaired) electrons. The highest BCUT2D eigenvalue weighted by Crippen LogP contribution is 2.21. The molecule has 0 saturated carbocycles. The average molecular weight is 279 g/mol. The predicted octanol–water partition coefficient (Wildman–Crippen LogP) is 1.76. The van der Waals surface area contributed by atoms with Gasteiger partial charge < -0.3 is 5.73 Å². The van der Waals surface area contributed by atoms with E-state index in [1.54, 1.807) is 35.1 Å². The predicted molar refractivity (Wildman–Crippen MR) is 72.4 cm³/mol. The van der Waals surface area contributed by atoms with Crippen LogP contribution in [0, 0.1) is 0 Å². The van der Waals surface area contributed by atoms with E-state index in [1.807, 2.05) is 13.8 Å². The molecule has 0 unspecified atom stereocenters. The largest absolute Gasteiger partial charge is 0.326 e. The lowest BCUT2D eigenvalue weighted by molar-refractivity contribution is 0.531. The van der Waals surface area contributed by atoms with Gasteiger partial charge in [-0.25, -0.2) is 8.42 Å². The van der Waals surface area contributed by atoms with Crippen molar-refractivity contribution in [1.82, 2.24) is 9.78 Å². The third-order valence-electron chi connectivity index (χ3n) is 2.89. The highest BCUT2D eigenvalue weighted by atomic mass is 32.2. The Labute approximate surface area is 113 Å². The molecule has 0 spiro atoms. The molecule has 1 aromatic carbocycles. The zero-order valence-corrected chi connectivity index (χ0v) is 11.8. The number of hydrogen-bond acceptors (Lipinski definition) is 4. The summed E-state index contributed by atoms with van der Waals surface area (Å²) in [5.41, 5.74) is 6.39. The fraction of sp³-hybridized carbons (Fsp3) is 0.308. The minimum absolute atomic E-state index is 0.128. The fourth-order valence-corrected chi connectivity index (χ4v) is 2.88. The molecule has 0 atom stereocenters. The Morgan fingerprint density at radius 1 is 1.21 bits per heavy atom. The minimum Gasteiger partial charge on any atom is -0.326 e. The standard InChI is InChI=1S/C13H17N3O2S/c1-10(2)16-9-13(8-15-16)19(17,18)12-5-3-11(7-14)4-6-12/h3-6,8-10H,7,14H2,1-2H3. The summed E-state index contributed by atoms with van der Waals surface area (Å²) in [6, 6.07) is 6.72. The van der Waals surface area contributed by atoms with E-state index in [0.717, 1.165) is 5.56 Å². The molecule has 6 heteroatoms. The van der Waals surface area contributed by atoms with E-state index in [1.165, 1.54) is 6.20 Å². The number of sulfone groups is 1. The summed E-state index contributed by atoms with van der Waals surface area (Å²) in [4.78, 5) is 0.467. The molecule has 2 rings (SSSR count). The second kappa shape index (κ2) is 5.14. The van der Waals surface area contributed by atoms with Crippen LogP contribution in [0.3, 0.4) is 0 Å². The zero-order chi connectivity index (χ0) is 14.0. The monoisotopic (exact) mass is 279 g/mol. The van der Waals surface area contributed by atoms with Crippen LogP contribution >= 0.6 is 0 Å². The maximum atomic E-state index is 12.4. The lowest BCUT2D eigenvalue weighted by Gasteiger charge is -2.04. The van der Waals surface area contributed by atoms with Crippen molar-refractivity contribution in [3.05, 3.63) is 42.2 Å². The van der Waals surface area contributed by atoms with Crippen LogP contribution < -0.4 is 5.73 Å². The third-order valence-corrected chi connectivity index (χ3v) is 4.61. The van der Waals surface area contributed by atoms with Crippen molar-refractivity contribution in [2.75, 3.05) is 0 Å². The first-order chi connectivity index (χ1) is 8.95. The fourth-order valence-electron chi connectivity index (χ4n) is 1.68. The molecule has 0 fully saturated rings. The molecule has 1 aromatic heterocycles. The number of benzene rings is 1. The Bertz CT molecular complexity index is 657. The summed E-state index contributed by atoms with van der Waals surface area (Å²) in [5.74, 6) is 0. The van der Waals surface area contributed by atoms with Gasteiger partial charge in [0.25, 0.3) is 0 Å². The highest BCUT2D eigenvalue weighted by molar-refractivity contribution is 7.91. The molecule has 0 saturated heterocycles. The molecule has 0 amide bonds. The van der Waals surface area contributed by atoms with E-state index in [-0.39, 0.29) is 15.8 Å². The molecule has 0 aliphatic heterocycles. The first-order valence-electron chi connectivity index (χ1n) is 6.03. The van der Waals surface area contributed by atoms with Crippen molar-refractivity contribution in [2.24, 2.45) is 5.73 Å². The van der Waals surface area contributed by atoms with Gasteiger partial charge in [0.15, 0.2) is 0 Å². The summed E-state index contributed by atoms with van der Waals surface area (Å²) in [6.07, 6.45) is 2.93. The molecular weight excluding hydrogens is 262 g/mol. The smallest absolute Gasteiger partial charge is 0.209 e. The van der Waals surface area contributed by atoms with Crippen LogP contribution in [0.2, 0.25) is 0 Å². The van der Waals surface area contributed by atoms with Crippen LogP contribution in [-0.4, -0.2) is 18.2 Å². The van der Waals surface area contributed by atoms with Gasteiger partial charge >= 0.3 is 0 Å². The maximum Gasteiger partial charge on any atom is 0.209 e. The van der Waals surface area contributed by atoms with Crippen LogP contribution in [0.4, 0.5) is 0 Å². The number of hydrogen-bond donors (Lipinski definition) is 1. The number of rotatable bonds is 4. The van der Waals surface area contributed by atoms with Crippen LogP contribution in [0.15, 0.2) is 46.5 Å². The molecule has 0 bridgehead atoms. The molecule has 2 aromatic rings. The van der Waals surface area contributed by atoms with Gasteiger partial charge in [0.05, 0.1) is 11.1 Å². The van der Waals surface area contributed by atoms with Crippen molar-refractivity contribution in [3.63, 3.8) is 0 Å². The third kappa shape index (κ3) is 2.69. The lowest BCUT2D eigenvalue weighted by atomic mass is 10.2. The van der Waals surface area contributed by atoms with Crippen LogP contribution in [-0.2, 0) is 16.4 Å². The first-order valence-corrected chi connectivity index (χ1v) is 7.51. The zero-order valence-electron chi connectivity index (χ0n) is 10.9. The molecule has 2 N–H and O–H groups in total. The lowest BCUT2D eigenvalue weighted by Crippen LogP contribution is -2.03. The average Bonchev–Trinajstić information content (AvgIpc) is 2.89. The molecule has 102 valence electrons. The van der Waals surface area contributed by atoms with Crippen molar-refractivity contribution in [2.45, 2.75) is 36.2 Å². The summed E-state index contributed by atoms with van der Waals surface area (Å²) in [6.45, 7) is 4.28. The molecule has 5 nitrogen and oxygen atoms in total. The van der Waals surface area contributed by atoms with Crippen molar-refractivity contribution < 1.29 is 8.42 Å². The van der Waals surface area contributed by atoms with Gasteiger partial charge in [-0.05, 0) is 31.5 Å². The van der Waals surface area contributed by atoms with Crippen molar-refractivity contribution in [3.8, 4) is 0 Å². The van der Waals surface area contributed by atoms with E-state index in [2.05, 4.69) is 5.10 Å². The molecule has 1 heterocycles. The molecule has 19 heavy (non-hydrogen) atoms. The number of aromatic nitrogens is 2. The quantitative estimate of drug-likeness (QED) is 0.925. The van der Waals surface area contributed by atoms with Gasteiger partial charge in [0.1, 0.15) is 4.90 Å². The summed E-state index contributed by atoms with van der Waals surface area (Å²) in [5, 5.41) is 4.06. The Kier molecular flexibility index (Phi) is 3.73. The van der Waals surface area contributed by atoms with E-state index in [0.29, 0.717) is 6.54 Å². The van der Waals surface area contributed by atoms with E-state index >= 15 is 0 Å². The number of nitrogens with two attached hydrogens (primary N) is 1. The van der Waals surface area contributed by atoms with Gasteiger partial charge in [-0.2, -0.15) is 5.10 Å². The topological polar surface area (TPSA) is 78.0 Å². The molecular formula is C13H17N3O2S. The Morgan fingerprint density at radius 3 is 2.32 bits per heavy atom. The van der Waals surface area contributed by atoms with E-state index in [4.69, 9.17) is 5.73 Å². The Morgan fingerprint density at radius 2 is 1.84 bits per heavy atom. The van der Waals surface area contributed by atoms with Gasteiger partial charge in [-0.1, -0.05) is 12.1 Å². The van der Waals surface area contributed by atoms with Crippen LogP contribution in [0.5, 0.6) is 0 Å². The molecule has 0 aliphatic carbocycles. The first kappa shape index (κ1) is 13.8. The molecule has 0 aliphatic rings. The second-order valence-corrected chi connectivity index (χ2v) is 6.55. The SMILES string of the molecule is CC(C)n1cc(S(=O)(=O)c2ccc(CN)cc2)cn1. The van der Waals surface area contributed by atoms with Gasteiger partial charge in [-0.15, -0.1) is 0 Å². The summed E-state index contributed by atoms with van der Waals surface area (Å²) >= 11 is 0. The van der Waals surface area contributed by atoms with Crippen LogP contribution in [0.1, 0.15) is 25.5 Å². The number of nitrogens with zero attached hydrogens (tertiary/aromatic N) is 2. The summed E-state index contributed by atoms with van der Waals surface area (Å²) in [7, 11) is -3.50. The van der Waals surface area contributed by atoms with Crippen molar-refractivity contribution in [1.29, 1.82) is 0 Å².